The van der Waals surface area contributed by atoms with Crippen LogP contribution in [0.25, 0.3) is 0 Å². The summed E-state index contributed by atoms with van der Waals surface area (Å²) in [6, 6.07) is 1.97. The number of rotatable bonds is 3. The highest BCUT2D eigenvalue weighted by molar-refractivity contribution is 7.99. The van der Waals surface area contributed by atoms with Crippen LogP contribution in [0.2, 0.25) is 0 Å². The van der Waals surface area contributed by atoms with Gasteiger partial charge >= 0.3 is 0 Å². The first-order chi connectivity index (χ1) is 5.36. The van der Waals surface area contributed by atoms with Crippen LogP contribution in [-0.4, -0.2) is 16.0 Å². The molecule has 4 heteroatoms. The lowest BCUT2D eigenvalue weighted by Crippen LogP contribution is -1.98. The summed E-state index contributed by atoms with van der Waals surface area (Å²) in [5.41, 5.74) is 6.48. The van der Waals surface area contributed by atoms with Crippen molar-refractivity contribution < 1.29 is 0 Å². The van der Waals surface area contributed by atoms with Crippen molar-refractivity contribution in [3.63, 3.8) is 0 Å². The van der Waals surface area contributed by atoms with E-state index in [9.17, 15) is 0 Å². The summed E-state index contributed by atoms with van der Waals surface area (Å²) in [7, 11) is 0. The van der Waals surface area contributed by atoms with E-state index in [-0.39, 0.29) is 0 Å². The van der Waals surface area contributed by atoms with Gasteiger partial charge < -0.3 is 5.73 Å². The third kappa shape index (κ3) is 2.48. The molecule has 0 aliphatic heterocycles. The Morgan fingerprint density at radius 2 is 2.45 bits per heavy atom. The predicted octanol–water partition coefficient (Wildman–Crippen LogP) is 1.05. The van der Waals surface area contributed by atoms with E-state index in [4.69, 9.17) is 5.73 Å². The molecule has 0 fully saturated rings. The van der Waals surface area contributed by atoms with E-state index in [2.05, 4.69) is 17.1 Å². The zero-order valence-corrected chi connectivity index (χ0v) is 7.27. The Morgan fingerprint density at radius 1 is 1.64 bits per heavy atom. The normalized spacial score (nSPS) is 10.0. The maximum atomic E-state index is 5.44. The molecule has 0 aromatic carbocycles. The molecule has 0 bridgehead atoms. The SMILES string of the molecule is CCSc1cc(CN)cnn1. The number of hydrogen-bond acceptors (Lipinski definition) is 4. The fourth-order valence-corrected chi connectivity index (χ4v) is 1.35. The molecule has 0 radical (unpaired) electrons. The lowest BCUT2D eigenvalue weighted by Gasteiger charge is -1.97. The molecule has 0 atom stereocenters. The van der Waals surface area contributed by atoms with E-state index >= 15 is 0 Å². The minimum atomic E-state index is 0.535. The molecule has 1 aromatic heterocycles. The lowest BCUT2D eigenvalue weighted by molar-refractivity contribution is 0.890. The van der Waals surface area contributed by atoms with Gasteiger partial charge in [0, 0.05) is 6.54 Å². The van der Waals surface area contributed by atoms with Crippen molar-refractivity contribution in [1.29, 1.82) is 0 Å². The van der Waals surface area contributed by atoms with Crippen LogP contribution in [-0.2, 0) is 6.54 Å². The van der Waals surface area contributed by atoms with E-state index in [1.165, 1.54) is 0 Å². The van der Waals surface area contributed by atoms with Gasteiger partial charge in [0.05, 0.1) is 6.20 Å². The molecule has 11 heavy (non-hydrogen) atoms. The van der Waals surface area contributed by atoms with Crippen molar-refractivity contribution in [2.45, 2.75) is 18.5 Å². The monoisotopic (exact) mass is 169 g/mol. The summed E-state index contributed by atoms with van der Waals surface area (Å²) >= 11 is 1.68. The number of aromatic nitrogens is 2. The molecule has 0 saturated heterocycles. The van der Waals surface area contributed by atoms with Crippen LogP contribution in [0.1, 0.15) is 12.5 Å². The second kappa shape index (κ2) is 4.31. The number of nitrogens with zero attached hydrogens (tertiary/aromatic N) is 2. The summed E-state index contributed by atoms with van der Waals surface area (Å²) in [5.74, 6) is 1.02. The van der Waals surface area contributed by atoms with Gasteiger partial charge in [-0.05, 0) is 17.4 Å². The molecule has 0 unspecified atom stereocenters. The van der Waals surface area contributed by atoms with Crippen LogP contribution in [0.3, 0.4) is 0 Å². The Hall–Kier alpha value is -0.610. The molecule has 1 heterocycles. The highest BCUT2D eigenvalue weighted by Crippen LogP contribution is 2.13. The Labute approximate surface area is 70.4 Å². The van der Waals surface area contributed by atoms with Gasteiger partial charge in [0.15, 0.2) is 0 Å². The largest absolute Gasteiger partial charge is 0.326 e. The van der Waals surface area contributed by atoms with Crippen LogP contribution in [0.15, 0.2) is 17.3 Å². The summed E-state index contributed by atoms with van der Waals surface area (Å²) in [4.78, 5) is 0. The highest BCUT2D eigenvalue weighted by atomic mass is 32.2. The van der Waals surface area contributed by atoms with Crippen molar-refractivity contribution in [3.05, 3.63) is 17.8 Å². The zero-order valence-electron chi connectivity index (χ0n) is 6.45. The fourth-order valence-electron chi connectivity index (χ4n) is 0.715. The lowest BCUT2D eigenvalue weighted by atomic mass is 10.3. The van der Waals surface area contributed by atoms with Crippen molar-refractivity contribution in [2.75, 3.05) is 5.75 Å². The molecule has 0 amide bonds. The fraction of sp³-hybridized carbons (Fsp3) is 0.429. The summed E-state index contributed by atoms with van der Waals surface area (Å²) < 4.78 is 0. The van der Waals surface area contributed by atoms with Crippen molar-refractivity contribution in [2.24, 2.45) is 5.73 Å². The molecule has 1 aromatic rings. The van der Waals surface area contributed by atoms with Gasteiger partial charge in [-0.15, -0.1) is 16.9 Å². The molecule has 0 aliphatic rings. The average Bonchev–Trinajstić information content (AvgIpc) is 2.06. The molecule has 3 nitrogen and oxygen atoms in total. The quantitative estimate of drug-likeness (QED) is 0.687. The maximum Gasteiger partial charge on any atom is 0.119 e. The number of thioether (sulfide) groups is 1. The van der Waals surface area contributed by atoms with E-state index in [1.807, 2.05) is 6.07 Å². The van der Waals surface area contributed by atoms with Crippen LogP contribution < -0.4 is 5.73 Å². The highest BCUT2D eigenvalue weighted by Gasteiger charge is 1.95. The summed E-state index contributed by atoms with van der Waals surface area (Å²) in [6.45, 7) is 2.62. The van der Waals surface area contributed by atoms with Crippen molar-refractivity contribution in [1.82, 2.24) is 10.2 Å². The van der Waals surface area contributed by atoms with Crippen molar-refractivity contribution in [3.8, 4) is 0 Å². The Kier molecular flexibility index (Phi) is 3.32. The van der Waals surface area contributed by atoms with Crippen molar-refractivity contribution >= 4 is 11.8 Å². The van der Waals surface area contributed by atoms with Crippen LogP contribution in [0.4, 0.5) is 0 Å². The van der Waals surface area contributed by atoms with Gasteiger partial charge in [0.2, 0.25) is 0 Å². The molecular weight excluding hydrogens is 158 g/mol. The molecule has 1 rings (SSSR count). The van der Waals surface area contributed by atoms with E-state index < -0.39 is 0 Å². The van der Waals surface area contributed by atoms with Gasteiger partial charge in [-0.1, -0.05) is 6.92 Å². The minimum absolute atomic E-state index is 0.535. The number of nitrogens with two attached hydrogens (primary N) is 1. The van der Waals surface area contributed by atoms with Crippen LogP contribution >= 0.6 is 11.8 Å². The van der Waals surface area contributed by atoms with Gasteiger partial charge in [0.25, 0.3) is 0 Å². The number of hydrogen-bond donors (Lipinski definition) is 1. The average molecular weight is 169 g/mol. The molecule has 2 N–H and O–H groups in total. The van der Waals surface area contributed by atoms with E-state index in [0.29, 0.717) is 6.54 Å². The smallest absolute Gasteiger partial charge is 0.119 e. The van der Waals surface area contributed by atoms with Gasteiger partial charge in [-0.25, -0.2) is 0 Å². The minimum Gasteiger partial charge on any atom is -0.326 e. The predicted molar refractivity (Wildman–Crippen MR) is 46.3 cm³/mol. The molecule has 0 spiro atoms. The van der Waals surface area contributed by atoms with Gasteiger partial charge in [-0.2, -0.15) is 5.10 Å². The Balaban J connectivity index is 2.74. The first-order valence-electron chi connectivity index (χ1n) is 3.51. The Bertz CT molecular complexity index is 227. The third-order valence-corrected chi connectivity index (χ3v) is 2.00. The van der Waals surface area contributed by atoms with Crippen LogP contribution in [0.5, 0.6) is 0 Å². The standard InChI is InChI=1S/C7H11N3S/c1-2-11-7-3-6(4-8)5-9-10-7/h3,5H,2,4,8H2,1H3. The van der Waals surface area contributed by atoms with Gasteiger partial charge in [-0.3, -0.25) is 0 Å². The first-order valence-corrected chi connectivity index (χ1v) is 4.50. The van der Waals surface area contributed by atoms with E-state index in [1.54, 1.807) is 18.0 Å². The van der Waals surface area contributed by atoms with Crippen LogP contribution in [0, 0.1) is 0 Å². The first kappa shape index (κ1) is 8.49. The topological polar surface area (TPSA) is 51.8 Å². The molecule has 0 saturated carbocycles. The molecule has 0 aliphatic carbocycles. The maximum absolute atomic E-state index is 5.44. The second-order valence-electron chi connectivity index (χ2n) is 2.04. The van der Waals surface area contributed by atoms with E-state index in [0.717, 1.165) is 16.3 Å². The third-order valence-electron chi connectivity index (χ3n) is 1.22. The zero-order chi connectivity index (χ0) is 8.10. The summed E-state index contributed by atoms with van der Waals surface area (Å²) in [5, 5.41) is 8.71. The summed E-state index contributed by atoms with van der Waals surface area (Å²) in [6.07, 6.45) is 1.69. The second-order valence-corrected chi connectivity index (χ2v) is 3.32. The Morgan fingerprint density at radius 3 is 3.09 bits per heavy atom. The van der Waals surface area contributed by atoms with Gasteiger partial charge in [0.1, 0.15) is 5.03 Å². The molecular formula is C7H11N3S. The molecule has 60 valence electrons.